The number of amides is 2. The van der Waals surface area contributed by atoms with Crippen LogP contribution in [0.1, 0.15) is 45.1 Å². The number of hydrogen-bond donors (Lipinski definition) is 1. The van der Waals surface area contributed by atoms with Crippen molar-refractivity contribution in [2.24, 2.45) is 5.41 Å². The molecule has 2 aliphatic rings. The highest BCUT2D eigenvalue weighted by molar-refractivity contribution is 5.97. The average Bonchev–Trinajstić information content (AvgIpc) is 2.65. The van der Waals surface area contributed by atoms with Crippen molar-refractivity contribution in [3.05, 3.63) is 23.8 Å². The molecule has 28 heavy (non-hydrogen) atoms. The molecule has 0 saturated carbocycles. The van der Waals surface area contributed by atoms with Gasteiger partial charge >= 0.3 is 0 Å². The first kappa shape index (κ1) is 20.6. The van der Waals surface area contributed by atoms with E-state index >= 15 is 0 Å². The Hall–Kier alpha value is -2.08. The van der Waals surface area contributed by atoms with E-state index in [1.807, 2.05) is 17.0 Å². The van der Waals surface area contributed by atoms with Crippen LogP contribution in [0.15, 0.2) is 18.2 Å². The van der Waals surface area contributed by atoms with E-state index in [-0.39, 0.29) is 17.9 Å². The standard InChI is InChI=1S/C22H33N3O3/c1-22(2)9-13-25(20(26)15-22)12-5-4-10-23-11-8-17-6-7-18-19(14-17)28-16-21(27)24(18)3/h6-7,14,23H,4-5,8-13,15-16H2,1-3H3. The third-order valence-electron chi connectivity index (χ3n) is 5.77. The molecule has 2 amide bonds. The summed E-state index contributed by atoms with van der Waals surface area (Å²) in [4.78, 5) is 27.5. The van der Waals surface area contributed by atoms with Crippen molar-refractivity contribution in [1.29, 1.82) is 0 Å². The van der Waals surface area contributed by atoms with Crippen LogP contribution in [-0.4, -0.2) is 56.5 Å². The molecule has 6 nitrogen and oxygen atoms in total. The SMILES string of the molecule is CN1C(=O)COc2cc(CCNCCCCN3CCC(C)(C)CC3=O)ccc21. The fourth-order valence-electron chi connectivity index (χ4n) is 3.80. The van der Waals surface area contributed by atoms with Gasteiger partial charge in [0.1, 0.15) is 5.75 Å². The molecule has 0 radical (unpaired) electrons. The number of nitrogens with zero attached hydrogens (tertiary/aromatic N) is 2. The zero-order valence-electron chi connectivity index (χ0n) is 17.4. The molecule has 1 fully saturated rings. The summed E-state index contributed by atoms with van der Waals surface area (Å²) in [7, 11) is 1.78. The van der Waals surface area contributed by atoms with Crippen LogP contribution < -0.4 is 15.0 Å². The predicted octanol–water partition coefficient (Wildman–Crippen LogP) is 2.60. The summed E-state index contributed by atoms with van der Waals surface area (Å²) in [5, 5.41) is 3.48. The molecular formula is C22H33N3O3. The van der Waals surface area contributed by atoms with Crippen molar-refractivity contribution in [2.45, 2.75) is 46.0 Å². The highest BCUT2D eigenvalue weighted by atomic mass is 16.5. The van der Waals surface area contributed by atoms with Crippen molar-refractivity contribution in [1.82, 2.24) is 10.2 Å². The van der Waals surface area contributed by atoms with Gasteiger partial charge in [0.15, 0.2) is 6.61 Å². The zero-order valence-corrected chi connectivity index (χ0v) is 17.4. The maximum absolute atomic E-state index is 12.2. The fraction of sp³-hybridized carbons (Fsp3) is 0.636. The van der Waals surface area contributed by atoms with Gasteiger partial charge in [-0.05, 0) is 61.9 Å². The first-order valence-corrected chi connectivity index (χ1v) is 10.4. The van der Waals surface area contributed by atoms with Crippen LogP contribution >= 0.6 is 0 Å². The van der Waals surface area contributed by atoms with Gasteiger partial charge in [0.2, 0.25) is 5.91 Å². The minimum absolute atomic E-state index is 0.0168. The van der Waals surface area contributed by atoms with Crippen LogP contribution in [0.3, 0.4) is 0 Å². The Bertz CT molecular complexity index is 717. The minimum Gasteiger partial charge on any atom is -0.482 e. The summed E-state index contributed by atoms with van der Waals surface area (Å²) >= 11 is 0. The van der Waals surface area contributed by atoms with E-state index in [2.05, 4.69) is 25.2 Å². The number of anilines is 1. The van der Waals surface area contributed by atoms with Crippen LogP contribution in [0.2, 0.25) is 0 Å². The number of likely N-dealkylation sites (N-methyl/N-ethyl adjacent to an activating group) is 1. The maximum Gasteiger partial charge on any atom is 0.264 e. The minimum atomic E-state index is -0.0168. The monoisotopic (exact) mass is 387 g/mol. The molecule has 1 saturated heterocycles. The third kappa shape index (κ3) is 5.25. The molecule has 2 heterocycles. The number of nitrogens with one attached hydrogen (secondary N) is 1. The lowest BCUT2D eigenvalue weighted by atomic mass is 9.82. The highest BCUT2D eigenvalue weighted by Gasteiger charge is 2.30. The van der Waals surface area contributed by atoms with Gasteiger partial charge in [0, 0.05) is 26.6 Å². The Labute approximate surface area is 168 Å². The summed E-state index contributed by atoms with van der Waals surface area (Å²) < 4.78 is 5.54. The van der Waals surface area contributed by atoms with Crippen LogP contribution in [0, 0.1) is 5.41 Å². The van der Waals surface area contributed by atoms with Gasteiger partial charge in [-0.1, -0.05) is 19.9 Å². The van der Waals surface area contributed by atoms with Crippen LogP contribution in [-0.2, 0) is 16.0 Å². The second kappa shape index (κ2) is 8.95. The third-order valence-corrected chi connectivity index (χ3v) is 5.77. The molecule has 0 unspecified atom stereocenters. The first-order chi connectivity index (χ1) is 13.4. The number of carbonyl (C=O) groups excluding carboxylic acids is 2. The molecule has 0 bridgehead atoms. The molecule has 2 aliphatic heterocycles. The average molecular weight is 388 g/mol. The summed E-state index contributed by atoms with van der Waals surface area (Å²) in [5.74, 6) is 1.08. The topological polar surface area (TPSA) is 61.9 Å². The van der Waals surface area contributed by atoms with Gasteiger partial charge in [0.25, 0.3) is 5.91 Å². The van der Waals surface area contributed by atoms with E-state index in [1.54, 1.807) is 11.9 Å². The van der Waals surface area contributed by atoms with Crippen molar-refractivity contribution in [3.8, 4) is 5.75 Å². The van der Waals surface area contributed by atoms with Gasteiger partial charge in [-0.2, -0.15) is 0 Å². The van der Waals surface area contributed by atoms with Crippen molar-refractivity contribution in [3.63, 3.8) is 0 Å². The summed E-state index contributed by atoms with van der Waals surface area (Å²) in [6, 6.07) is 6.05. The Morgan fingerprint density at radius 3 is 2.75 bits per heavy atom. The van der Waals surface area contributed by atoms with Gasteiger partial charge < -0.3 is 19.9 Å². The number of carbonyl (C=O) groups is 2. The molecule has 0 aromatic heterocycles. The normalized spacial score (nSPS) is 18.8. The lowest BCUT2D eigenvalue weighted by Gasteiger charge is -2.36. The molecule has 1 aromatic rings. The zero-order chi connectivity index (χ0) is 20.1. The summed E-state index contributed by atoms with van der Waals surface area (Å²) in [5.41, 5.74) is 2.21. The van der Waals surface area contributed by atoms with Crippen LogP contribution in [0.5, 0.6) is 5.75 Å². The summed E-state index contributed by atoms with van der Waals surface area (Å²) in [6.45, 7) is 8.13. The molecule has 154 valence electrons. The lowest BCUT2D eigenvalue weighted by molar-refractivity contribution is -0.137. The quantitative estimate of drug-likeness (QED) is 0.697. The molecule has 0 spiro atoms. The number of piperidine rings is 1. The Morgan fingerprint density at radius 2 is 1.96 bits per heavy atom. The number of hydrogen-bond acceptors (Lipinski definition) is 4. The summed E-state index contributed by atoms with van der Waals surface area (Å²) in [6.07, 6.45) is 4.83. The van der Waals surface area contributed by atoms with E-state index in [0.29, 0.717) is 12.3 Å². The molecule has 0 aliphatic carbocycles. The van der Waals surface area contributed by atoms with E-state index in [1.165, 1.54) is 5.56 Å². The highest BCUT2D eigenvalue weighted by Crippen LogP contribution is 2.32. The number of likely N-dealkylation sites (tertiary alicyclic amines) is 1. The molecule has 1 N–H and O–H groups in total. The molecule has 6 heteroatoms. The van der Waals surface area contributed by atoms with Crippen molar-refractivity contribution in [2.75, 3.05) is 44.7 Å². The largest absolute Gasteiger partial charge is 0.482 e. The Kier molecular flexibility index (Phi) is 6.60. The number of benzene rings is 1. The second-order valence-corrected chi connectivity index (χ2v) is 8.72. The first-order valence-electron chi connectivity index (χ1n) is 10.4. The Morgan fingerprint density at radius 1 is 1.14 bits per heavy atom. The van der Waals surface area contributed by atoms with E-state index in [0.717, 1.165) is 63.3 Å². The van der Waals surface area contributed by atoms with Crippen LogP contribution in [0.25, 0.3) is 0 Å². The fourth-order valence-corrected chi connectivity index (χ4v) is 3.80. The van der Waals surface area contributed by atoms with Gasteiger partial charge in [-0.25, -0.2) is 0 Å². The second-order valence-electron chi connectivity index (χ2n) is 8.72. The number of ether oxygens (including phenoxy) is 1. The Balaban J connectivity index is 1.31. The molecule has 0 atom stereocenters. The lowest BCUT2D eigenvalue weighted by Crippen LogP contribution is -2.42. The number of fused-ring (bicyclic) bond motifs is 1. The molecule has 1 aromatic carbocycles. The van der Waals surface area contributed by atoms with E-state index in [9.17, 15) is 9.59 Å². The van der Waals surface area contributed by atoms with Crippen LogP contribution in [0.4, 0.5) is 5.69 Å². The van der Waals surface area contributed by atoms with Crippen molar-refractivity contribution < 1.29 is 14.3 Å². The van der Waals surface area contributed by atoms with E-state index < -0.39 is 0 Å². The van der Waals surface area contributed by atoms with Gasteiger partial charge in [-0.3, -0.25) is 9.59 Å². The predicted molar refractivity (Wildman–Crippen MR) is 111 cm³/mol. The van der Waals surface area contributed by atoms with E-state index in [4.69, 9.17) is 4.74 Å². The van der Waals surface area contributed by atoms with Crippen molar-refractivity contribution >= 4 is 17.5 Å². The smallest absolute Gasteiger partial charge is 0.264 e. The molecular weight excluding hydrogens is 354 g/mol. The number of unbranched alkanes of at least 4 members (excludes halogenated alkanes) is 1. The van der Waals surface area contributed by atoms with Gasteiger partial charge in [0.05, 0.1) is 5.69 Å². The van der Waals surface area contributed by atoms with Gasteiger partial charge in [-0.15, -0.1) is 0 Å². The number of rotatable bonds is 8. The molecule has 3 rings (SSSR count). The maximum atomic E-state index is 12.2.